The minimum Gasteiger partial charge on any atom is -0.501 e. The second kappa shape index (κ2) is 19.7. The van der Waals surface area contributed by atoms with Gasteiger partial charge in [0.15, 0.2) is 0 Å². The van der Waals surface area contributed by atoms with Gasteiger partial charge in [0.1, 0.15) is 5.58 Å². The molecule has 2 aliphatic rings. The minimum absolute atomic E-state index is 0. The van der Waals surface area contributed by atoms with Crippen LogP contribution in [0.5, 0.6) is 0 Å². The molecule has 0 atom stereocenters. The van der Waals surface area contributed by atoms with Crippen LogP contribution in [0.2, 0.25) is 18.1 Å². The van der Waals surface area contributed by atoms with Crippen molar-refractivity contribution in [1.29, 1.82) is 0 Å². The Bertz CT molecular complexity index is 3480. The predicted octanol–water partition coefficient (Wildman–Crippen LogP) is 17.2. The Kier molecular flexibility index (Phi) is 13.5. The summed E-state index contributed by atoms with van der Waals surface area (Å²) in [6, 6.07) is 62.9. The smallest absolute Gasteiger partial charge is 0.120 e. The van der Waals surface area contributed by atoms with Crippen LogP contribution in [-0.2, 0) is 25.5 Å². The van der Waals surface area contributed by atoms with Crippen LogP contribution in [0.4, 0.5) is 4.39 Å². The van der Waals surface area contributed by atoms with E-state index in [-0.39, 0.29) is 43.2 Å². The second-order valence-corrected chi connectivity index (χ2v) is 25.6. The van der Waals surface area contributed by atoms with Gasteiger partial charge in [-0.05, 0) is 104 Å². The predicted molar refractivity (Wildman–Crippen MR) is 291 cm³/mol. The molecule has 1 fully saturated rings. The topological polar surface area (TPSA) is 43.9 Å². The van der Waals surface area contributed by atoms with Gasteiger partial charge in [-0.2, -0.15) is 0 Å². The number of rotatable bonds is 7. The van der Waals surface area contributed by atoms with Crippen LogP contribution in [0.25, 0.3) is 83.6 Å². The molecule has 359 valence electrons. The number of furan rings is 1. The molecule has 5 heterocycles. The number of pyridine rings is 1. The Hall–Kier alpha value is -6.24. The number of fused-ring (bicyclic) bond motifs is 6. The molecule has 4 nitrogen and oxygen atoms in total. The Morgan fingerprint density at radius 2 is 1.34 bits per heavy atom. The van der Waals surface area contributed by atoms with Crippen molar-refractivity contribution < 1.29 is 28.9 Å². The van der Waals surface area contributed by atoms with Gasteiger partial charge in [-0.1, -0.05) is 181 Å². The third-order valence-electron chi connectivity index (χ3n) is 15.4. The van der Waals surface area contributed by atoms with Crippen molar-refractivity contribution in [2.75, 3.05) is 0 Å². The summed E-state index contributed by atoms with van der Waals surface area (Å²) in [5.74, 6) is 1.15. The quantitative estimate of drug-likeness (QED) is 0.118. The molecule has 0 aliphatic carbocycles. The summed E-state index contributed by atoms with van der Waals surface area (Å²) in [6.45, 7) is 13.9. The standard InChI is InChI=1S/C43H35N2O.C21H25FNSi.Ir/c1-27(2)36-25-32(31-23-21-30(22-24-31)29-13-6-5-7-14-29)26-37(28(3)4)41(36)45-39-19-10-9-18-38(39)44-43(45)35-17-12-16-34-33-15-8-11-20-40(33)46-42(34)35;1-21(2)10-13-24(11-4-3-5-12-24)20-15-23-19(14-18(20)21)16-6-8-17(22)9-7-16;/h5-16,18-28H,1-4H3;6,8-9,14-15H,3-5,10-13H2,1-2H3;/q2*-1;. The first-order valence-corrected chi connectivity index (χ1v) is 27.9. The zero-order valence-electron chi connectivity index (χ0n) is 41.6. The molecule has 1 radical (unpaired) electrons. The second-order valence-electron chi connectivity index (χ2n) is 21.0. The maximum absolute atomic E-state index is 13.2. The molecule has 0 N–H and O–H groups in total. The Morgan fingerprint density at radius 1 is 0.676 bits per heavy atom. The summed E-state index contributed by atoms with van der Waals surface area (Å²) >= 11 is 0. The maximum atomic E-state index is 13.2. The summed E-state index contributed by atoms with van der Waals surface area (Å²) in [6.07, 6.45) is 7.69. The van der Waals surface area contributed by atoms with E-state index in [0.717, 1.165) is 55.6 Å². The summed E-state index contributed by atoms with van der Waals surface area (Å²) in [7, 11) is -1.34. The molecular formula is C64H60FIrN3OSi-2. The normalized spacial score (nSPS) is 14.9. The van der Waals surface area contributed by atoms with E-state index in [9.17, 15) is 4.39 Å². The Balaban J connectivity index is 0.000000196. The maximum Gasteiger partial charge on any atom is 0.120 e. The fourth-order valence-corrected chi connectivity index (χ4v) is 17.3. The van der Waals surface area contributed by atoms with Gasteiger partial charge in [0.25, 0.3) is 0 Å². The summed E-state index contributed by atoms with van der Waals surface area (Å²) in [5, 5.41) is 3.79. The molecule has 7 heteroatoms. The van der Waals surface area contributed by atoms with Crippen molar-refractivity contribution in [3.05, 3.63) is 192 Å². The molecule has 0 unspecified atom stereocenters. The fourth-order valence-electron chi connectivity index (χ4n) is 11.5. The van der Waals surface area contributed by atoms with Gasteiger partial charge in [0.05, 0.1) is 30.5 Å². The average Bonchev–Trinajstić information content (AvgIpc) is 3.97. The van der Waals surface area contributed by atoms with E-state index in [1.54, 1.807) is 11.3 Å². The molecule has 3 aromatic heterocycles. The van der Waals surface area contributed by atoms with Crippen molar-refractivity contribution >= 4 is 46.2 Å². The van der Waals surface area contributed by atoms with E-state index in [2.05, 4.69) is 180 Å². The molecule has 0 bridgehead atoms. The third kappa shape index (κ3) is 9.07. The molecule has 1 spiro atoms. The van der Waals surface area contributed by atoms with Gasteiger partial charge in [0.2, 0.25) is 0 Å². The van der Waals surface area contributed by atoms with E-state index >= 15 is 0 Å². The minimum atomic E-state index is -1.34. The molecule has 2 aliphatic heterocycles. The van der Waals surface area contributed by atoms with Gasteiger partial charge in [-0.25, -0.2) is 0 Å². The first-order chi connectivity index (χ1) is 34.0. The van der Waals surface area contributed by atoms with E-state index in [1.165, 1.54) is 101 Å². The molecule has 10 aromatic rings. The molecule has 0 amide bonds. The van der Waals surface area contributed by atoms with Gasteiger partial charge in [0, 0.05) is 43.2 Å². The Labute approximate surface area is 432 Å². The van der Waals surface area contributed by atoms with Crippen molar-refractivity contribution in [1.82, 2.24) is 14.5 Å². The number of benzene rings is 7. The number of nitrogens with zero attached hydrogens (tertiary/aromatic N) is 3. The van der Waals surface area contributed by atoms with Crippen LogP contribution in [0.3, 0.4) is 0 Å². The van der Waals surface area contributed by atoms with E-state index < -0.39 is 8.07 Å². The molecule has 1 saturated heterocycles. The third-order valence-corrected chi connectivity index (χ3v) is 20.7. The average molecular weight is 1130 g/mol. The Morgan fingerprint density at radius 3 is 2.04 bits per heavy atom. The zero-order valence-corrected chi connectivity index (χ0v) is 45.0. The largest absolute Gasteiger partial charge is 0.501 e. The first-order valence-electron chi connectivity index (χ1n) is 25.3. The van der Waals surface area contributed by atoms with Crippen molar-refractivity contribution in [3.8, 4) is 50.6 Å². The van der Waals surface area contributed by atoms with Crippen LogP contribution in [0, 0.1) is 17.9 Å². The van der Waals surface area contributed by atoms with Crippen LogP contribution < -0.4 is 5.19 Å². The first kappa shape index (κ1) is 48.4. The van der Waals surface area contributed by atoms with Crippen LogP contribution in [0.15, 0.2) is 162 Å². The zero-order chi connectivity index (χ0) is 48.1. The van der Waals surface area contributed by atoms with E-state index in [0.29, 0.717) is 0 Å². The molecule has 71 heavy (non-hydrogen) atoms. The fraction of sp³-hybridized carbons (Fsp3) is 0.250. The van der Waals surface area contributed by atoms with E-state index in [1.807, 2.05) is 18.2 Å². The van der Waals surface area contributed by atoms with Crippen molar-refractivity contribution in [2.24, 2.45) is 0 Å². The van der Waals surface area contributed by atoms with Crippen LogP contribution in [-0.4, -0.2) is 22.6 Å². The van der Waals surface area contributed by atoms with Gasteiger partial charge in [-0.3, -0.25) is 9.37 Å². The van der Waals surface area contributed by atoms with Gasteiger partial charge < -0.3 is 14.0 Å². The van der Waals surface area contributed by atoms with Crippen molar-refractivity contribution in [3.63, 3.8) is 0 Å². The number of halogens is 1. The van der Waals surface area contributed by atoms with Gasteiger partial charge in [-0.15, -0.1) is 48.0 Å². The van der Waals surface area contributed by atoms with Gasteiger partial charge >= 0.3 is 0 Å². The molecular weight excluding hydrogens is 1070 g/mol. The number of imidazole rings is 1. The number of aromatic nitrogens is 3. The van der Waals surface area contributed by atoms with Crippen molar-refractivity contribution in [2.45, 2.75) is 103 Å². The van der Waals surface area contributed by atoms with Crippen LogP contribution >= 0.6 is 0 Å². The molecule has 7 aromatic carbocycles. The summed E-state index contributed by atoms with van der Waals surface area (Å²) in [5.41, 5.74) is 16.8. The number of para-hydroxylation sites is 3. The molecule has 12 rings (SSSR count). The monoisotopic (exact) mass is 1130 g/mol. The molecule has 0 saturated carbocycles. The van der Waals surface area contributed by atoms with E-state index in [4.69, 9.17) is 14.4 Å². The SMILES string of the molecule is CC(C)c1cc(-c2ccc(-c3ccccc3)cc2)cc(C(C)C)c1-n1c(-c2[c-]ccc3c2oc2ccccc23)nc2ccccc21.CC1(C)CC[Si]2(CCCCC2)c2cnc(-c3[c-]cc(F)cc3)cc21.[Ir]. The van der Waals surface area contributed by atoms with Crippen LogP contribution in [0.1, 0.15) is 95.8 Å². The number of hydrogen-bond donors (Lipinski definition) is 0. The number of hydrogen-bond acceptors (Lipinski definition) is 3. The summed E-state index contributed by atoms with van der Waals surface area (Å²) < 4.78 is 22.1. The summed E-state index contributed by atoms with van der Waals surface area (Å²) in [4.78, 5) is 10.1.